The van der Waals surface area contributed by atoms with Crippen molar-refractivity contribution < 1.29 is 45.8 Å². The summed E-state index contributed by atoms with van der Waals surface area (Å²) in [5.41, 5.74) is -1.74. The van der Waals surface area contributed by atoms with Gasteiger partial charge in [0.15, 0.2) is 0 Å². The Morgan fingerprint density at radius 3 is 1.94 bits per heavy atom. The molecule has 0 radical (unpaired) electrons. The van der Waals surface area contributed by atoms with Gasteiger partial charge in [0.1, 0.15) is 6.10 Å². The smallest absolute Gasteiger partial charge is 0.416 e. The van der Waals surface area contributed by atoms with Crippen molar-refractivity contribution in [1.82, 2.24) is 24.6 Å². The number of nitrogens with zero attached hydrogens (tertiary/aromatic N) is 6. The fraction of sp³-hybridized carbons (Fsp3) is 0.531. The van der Waals surface area contributed by atoms with Gasteiger partial charge in [0.2, 0.25) is 5.95 Å². The third kappa shape index (κ3) is 8.01. The number of amides is 1. The number of aliphatic carboxylic acids is 1. The van der Waals surface area contributed by atoms with Crippen LogP contribution in [0.15, 0.2) is 43.0 Å². The number of halogens is 6. The Morgan fingerprint density at radius 2 is 1.46 bits per heavy atom. The number of benzene rings is 1. The van der Waals surface area contributed by atoms with Gasteiger partial charge < -0.3 is 19.6 Å². The largest absolute Gasteiger partial charge is 0.481 e. The molecule has 1 amide bonds. The SMILES string of the molecule is C[C@@H]1C[C@H](N(Cc2cc(C(F)(F)F)cc(C(F)(F)F)c2)c2ncc(-c3cnn(C)c3)cn2)C[C@H](C)N1C(=O)O[C@H]1CC[C@H](C(=O)O)CC1. The van der Waals surface area contributed by atoms with E-state index in [0.29, 0.717) is 61.8 Å². The first-order valence-corrected chi connectivity index (χ1v) is 15.6. The lowest BCUT2D eigenvalue weighted by atomic mass is 9.87. The van der Waals surface area contributed by atoms with Crippen molar-refractivity contribution >= 4 is 18.0 Å². The van der Waals surface area contributed by atoms with Crippen molar-refractivity contribution in [2.45, 2.75) is 95.5 Å². The molecular weight excluding hydrogens is 646 g/mol. The van der Waals surface area contributed by atoms with Crippen molar-refractivity contribution in [2.75, 3.05) is 4.90 Å². The van der Waals surface area contributed by atoms with E-state index < -0.39 is 65.7 Å². The molecule has 3 aromatic rings. The highest BCUT2D eigenvalue weighted by Crippen LogP contribution is 2.38. The number of anilines is 1. The third-order valence-electron chi connectivity index (χ3n) is 9.05. The van der Waals surface area contributed by atoms with Crippen LogP contribution in [0.1, 0.15) is 69.1 Å². The minimum Gasteiger partial charge on any atom is -0.481 e. The Bertz CT molecular complexity index is 1560. The summed E-state index contributed by atoms with van der Waals surface area (Å²) in [6.45, 7) is 3.23. The first-order valence-electron chi connectivity index (χ1n) is 15.6. The highest BCUT2D eigenvalue weighted by Gasteiger charge is 2.41. The van der Waals surface area contributed by atoms with E-state index in [4.69, 9.17) is 4.74 Å². The van der Waals surface area contributed by atoms with Crippen LogP contribution < -0.4 is 4.90 Å². The topological polar surface area (TPSA) is 114 Å². The lowest BCUT2D eigenvalue weighted by molar-refractivity contribution is -0.144. The molecule has 2 aromatic heterocycles. The minimum atomic E-state index is -5.01. The Balaban J connectivity index is 1.41. The maximum Gasteiger partial charge on any atom is 0.416 e. The number of hydrogen-bond acceptors (Lipinski definition) is 7. The second-order valence-corrected chi connectivity index (χ2v) is 12.6. The molecule has 2 aliphatic rings. The second-order valence-electron chi connectivity index (χ2n) is 12.6. The number of carbonyl (C=O) groups is 2. The molecule has 2 fully saturated rings. The van der Waals surface area contributed by atoms with Crippen molar-refractivity contribution in [1.29, 1.82) is 0 Å². The summed E-state index contributed by atoms with van der Waals surface area (Å²) in [5, 5.41) is 13.4. The van der Waals surface area contributed by atoms with E-state index in [1.54, 1.807) is 47.8 Å². The molecule has 5 rings (SSSR count). The summed E-state index contributed by atoms with van der Waals surface area (Å²) < 4.78 is 89.6. The van der Waals surface area contributed by atoms with Gasteiger partial charge in [-0.05, 0) is 76.1 Å². The average molecular weight is 683 g/mol. The number of aryl methyl sites for hydroxylation is 1. The van der Waals surface area contributed by atoms with E-state index in [0.717, 1.165) is 0 Å². The number of aromatic nitrogens is 4. The van der Waals surface area contributed by atoms with Crippen LogP contribution in [0.25, 0.3) is 11.1 Å². The van der Waals surface area contributed by atoms with E-state index in [-0.39, 0.29) is 24.1 Å². The molecule has 1 aliphatic heterocycles. The predicted molar refractivity (Wildman–Crippen MR) is 161 cm³/mol. The Hall–Kier alpha value is -4.37. The number of hydrogen-bond donors (Lipinski definition) is 1. The molecular formula is C32H36F6N6O4. The van der Waals surface area contributed by atoms with Gasteiger partial charge in [-0.3, -0.25) is 9.48 Å². The summed E-state index contributed by atoms with van der Waals surface area (Å²) in [6.07, 6.45) is -2.36. The number of alkyl halides is 6. The number of carbonyl (C=O) groups excluding carboxylic acids is 1. The van der Waals surface area contributed by atoms with E-state index in [2.05, 4.69) is 15.1 Å². The van der Waals surface area contributed by atoms with E-state index in [1.807, 2.05) is 0 Å². The maximum absolute atomic E-state index is 13.7. The zero-order valence-corrected chi connectivity index (χ0v) is 26.5. The van der Waals surface area contributed by atoms with Crippen LogP contribution in [0.2, 0.25) is 0 Å². The van der Waals surface area contributed by atoms with Crippen molar-refractivity contribution in [2.24, 2.45) is 13.0 Å². The quantitative estimate of drug-likeness (QED) is 0.267. The van der Waals surface area contributed by atoms with Gasteiger partial charge in [-0.1, -0.05) is 0 Å². The second kappa shape index (κ2) is 13.6. The van der Waals surface area contributed by atoms with Gasteiger partial charge in [0, 0.05) is 61.4 Å². The molecule has 1 saturated carbocycles. The molecule has 0 bridgehead atoms. The fourth-order valence-electron chi connectivity index (χ4n) is 6.65. The van der Waals surface area contributed by atoms with Crippen LogP contribution in [-0.4, -0.2) is 66.0 Å². The maximum atomic E-state index is 13.7. The minimum absolute atomic E-state index is 0.0927. The third-order valence-corrected chi connectivity index (χ3v) is 9.05. The van der Waals surface area contributed by atoms with E-state index >= 15 is 0 Å². The van der Waals surface area contributed by atoms with E-state index in [1.165, 1.54) is 12.4 Å². The zero-order chi connectivity index (χ0) is 35.0. The summed E-state index contributed by atoms with van der Waals surface area (Å²) in [5.74, 6) is -1.24. The monoisotopic (exact) mass is 682 g/mol. The lowest BCUT2D eigenvalue weighted by Crippen LogP contribution is -2.56. The first kappa shape index (κ1) is 35.0. The van der Waals surface area contributed by atoms with Gasteiger partial charge in [-0.25, -0.2) is 14.8 Å². The van der Waals surface area contributed by atoms with Gasteiger partial charge in [-0.2, -0.15) is 31.4 Å². The van der Waals surface area contributed by atoms with Gasteiger partial charge in [0.05, 0.1) is 23.2 Å². The van der Waals surface area contributed by atoms with Crippen LogP contribution in [-0.2, 0) is 35.5 Å². The van der Waals surface area contributed by atoms with Crippen LogP contribution in [0.4, 0.5) is 37.1 Å². The molecule has 1 saturated heterocycles. The van der Waals surface area contributed by atoms with Crippen molar-refractivity contribution in [3.05, 3.63) is 59.7 Å². The molecule has 1 N–H and O–H groups in total. The number of piperidine rings is 1. The molecule has 3 atom stereocenters. The van der Waals surface area contributed by atoms with Crippen molar-refractivity contribution in [3.8, 4) is 11.1 Å². The molecule has 0 spiro atoms. The molecule has 48 heavy (non-hydrogen) atoms. The molecule has 1 aliphatic carbocycles. The Labute approximate surface area is 272 Å². The number of carboxylic acids is 1. The van der Waals surface area contributed by atoms with Gasteiger partial charge >= 0.3 is 24.4 Å². The normalized spacial score (nSPS) is 23.5. The highest BCUT2D eigenvalue weighted by atomic mass is 19.4. The van der Waals surface area contributed by atoms with Crippen LogP contribution in [0.5, 0.6) is 0 Å². The Morgan fingerprint density at radius 1 is 0.896 bits per heavy atom. The van der Waals surface area contributed by atoms with Gasteiger partial charge in [-0.15, -0.1) is 0 Å². The highest BCUT2D eigenvalue weighted by molar-refractivity contribution is 5.70. The van der Waals surface area contributed by atoms with Gasteiger partial charge in [0.25, 0.3) is 0 Å². The molecule has 10 nitrogen and oxygen atoms in total. The van der Waals surface area contributed by atoms with Crippen LogP contribution in [0, 0.1) is 5.92 Å². The average Bonchev–Trinajstić information content (AvgIpc) is 3.45. The molecule has 1 aromatic carbocycles. The summed E-state index contributed by atoms with van der Waals surface area (Å²) in [6, 6.07) is 0.167. The summed E-state index contributed by atoms with van der Waals surface area (Å²) >= 11 is 0. The molecule has 3 heterocycles. The molecule has 16 heteroatoms. The number of ether oxygens (including phenoxy) is 1. The number of carboxylic acid groups (broad SMARTS) is 1. The summed E-state index contributed by atoms with van der Waals surface area (Å²) in [7, 11) is 1.74. The molecule has 0 unspecified atom stereocenters. The first-order chi connectivity index (χ1) is 22.5. The van der Waals surface area contributed by atoms with Crippen LogP contribution >= 0.6 is 0 Å². The standard InChI is InChI=1S/C32H36F6N6O4/c1-18-8-26(9-19(2)44(18)30(47)48-27-6-4-21(5-7-27)28(45)46)43(29-39-13-22(14-40-29)23-15-41-42(3)17-23)16-20-10-24(31(33,34)35)12-25(11-20)32(36,37)38/h10-15,17-19,21,26-27H,4-9,16H2,1-3H3,(H,45,46)/t18-,19+,21-,26+,27-. The number of likely N-dealkylation sites (tertiary alicyclic amines) is 1. The predicted octanol–water partition coefficient (Wildman–Crippen LogP) is 6.94. The zero-order valence-electron chi connectivity index (χ0n) is 26.5. The number of rotatable bonds is 7. The molecule has 260 valence electrons. The van der Waals surface area contributed by atoms with Crippen molar-refractivity contribution in [3.63, 3.8) is 0 Å². The summed E-state index contributed by atoms with van der Waals surface area (Å²) in [4.78, 5) is 36.7. The van der Waals surface area contributed by atoms with Crippen LogP contribution in [0.3, 0.4) is 0 Å². The Kier molecular flexibility index (Phi) is 9.92. The van der Waals surface area contributed by atoms with E-state index in [9.17, 15) is 41.0 Å². The fourth-order valence-corrected chi connectivity index (χ4v) is 6.65. The lowest BCUT2D eigenvalue weighted by Gasteiger charge is -2.46.